The minimum Gasteiger partial charge on any atom is -0.294 e. The third kappa shape index (κ3) is 2.64. The summed E-state index contributed by atoms with van der Waals surface area (Å²) in [5.74, 6) is -0.507. The molecule has 1 aromatic carbocycles. The molecule has 0 bridgehead atoms. The van der Waals surface area contributed by atoms with Gasteiger partial charge in [0, 0.05) is 22.7 Å². The summed E-state index contributed by atoms with van der Waals surface area (Å²) in [6.07, 6.45) is 1.59. The number of hydrogen-bond acceptors (Lipinski definition) is 3. The van der Waals surface area contributed by atoms with E-state index in [9.17, 15) is 9.18 Å². The Morgan fingerprint density at radius 3 is 2.95 bits per heavy atom. The van der Waals surface area contributed by atoms with Crippen LogP contribution in [0.15, 0.2) is 46.4 Å². The van der Waals surface area contributed by atoms with Crippen LogP contribution in [0.1, 0.15) is 15.9 Å². The van der Waals surface area contributed by atoms with Crippen LogP contribution in [0.4, 0.5) is 4.39 Å². The number of rotatable bonds is 3. The van der Waals surface area contributed by atoms with E-state index in [0.29, 0.717) is 15.6 Å². The van der Waals surface area contributed by atoms with E-state index in [4.69, 9.17) is 0 Å². The molecular formula is C15H9BrFNOS. The third-order valence-corrected chi connectivity index (χ3v) is 4.34. The molecule has 0 spiro atoms. The first-order chi connectivity index (χ1) is 9.63. The van der Waals surface area contributed by atoms with E-state index in [0.717, 1.165) is 10.2 Å². The summed E-state index contributed by atoms with van der Waals surface area (Å²) < 4.78 is 15.4. The van der Waals surface area contributed by atoms with Crippen LogP contribution >= 0.6 is 27.3 Å². The summed E-state index contributed by atoms with van der Waals surface area (Å²) in [4.78, 5) is 16.4. The van der Waals surface area contributed by atoms with Gasteiger partial charge in [-0.25, -0.2) is 4.39 Å². The number of thiophene rings is 1. The number of fused-ring (bicyclic) bond motifs is 1. The Morgan fingerprint density at radius 2 is 2.15 bits per heavy atom. The van der Waals surface area contributed by atoms with Crippen molar-refractivity contribution in [3.63, 3.8) is 0 Å². The monoisotopic (exact) mass is 349 g/mol. The summed E-state index contributed by atoms with van der Waals surface area (Å²) in [5.41, 5.74) is 1.79. The number of hydrogen-bond donors (Lipinski definition) is 0. The molecule has 100 valence electrons. The first-order valence-corrected chi connectivity index (χ1v) is 7.61. The van der Waals surface area contributed by atoms with Gasteiger partial charge in [0.1, 0.15) is 5.82 Å². The lowest BCUT2D eigenvalue weighted by Gasteiger charge is -2.03. The third-order valence-electron chi connectivity index (χ3n) is 2.99. The van der Waals surface area contributed by atoms with Crippen LogP contribution in [0, 0.1) is 5.82 Å². The highest BCUT2D eigenvalue weighted by molar-refractivity contribution is 9.10. The topological polar surface area (TPSA) is 30.0 Å². The van der Waals surface area contributed by atoms with Crippen molar-refractivity contribution in [1.29, 1.82) is 0 Å². The molecule has 0 amide bonds. The number of aromatic nitrogens is 1. The Kier molecular flexibility index (Phi) is 3.63. The van der Waals surface area contributed by atoms with E-state index in [1.807, 2.05) is 17.5 Å². The van der Waals surface area contributed by atoms with E-state index in [1.165, 1.54) is 17.4 Å². The van der Waals surface area contributed by atoms with Crippen molar-refractivity contribution in [3.05, 3.63) is 63.3 Å². The van der Waals surface area contributed by atoms with Crippen LogP contribution < -0.4 is 0 Å². The molecule has 0 saturated carbocycles. The van der Waals surface area contributed by atoms with Crippen LogP contribution in [0.25, 0.3) is 10.2 Å². The molecule has 0 radical (unpaired) electrons. The number of Topliss-reactive ketones (excluding diaryl/α,β-unsaturated/α-hetero) is 1. The molecule has 0 fully saturated rings. The average Bonchev–Trinajstić information content (AvgIpc) is 2.89. The van der Waals surface area contributed by atoms with Crippen LogP contribution in [-0.2, 0) is 6.42 Å². The van der Waals surface area contributed by atoms with Crippen LogP contribution in [0.2, 0.25) is 0 Å². The van der Waals surface area contributed by atoms with Gasteiger partial charge in [-0.1, -0.05) is 22.0 Å². The number of pyridine rings is 1. The molecule has 0 unspecified atom stereocenters. The molecule has 5 heteroatoms. The first-order valence-electron chi connectivity index (χ1n) is 5.94. The predicted octanol–water partition coefficient (Wildman–Crippen LogP) is 4.62. The zero-order chi connectivity index (χ0) is 14.1. The normalized spacial score (nSPS) is 10.9. The van der Waals surface area contributed by atoms with Gasteiger partial charge in [0.15, 0.2) is 5.78 Å². The smallest absolute Gasteiger partial charge is 0.168 e. The van der Waals surface area contributed by atoms with Gasteiger partial charge in [0.05, 0.1) is 10.2 Å². The summed E-state index contributed by atoms with van der Waals surface area (Å²) in [5, 5.41) is 1.93. The Labute approximate surface area is 127 Å². The molecule has 2 heterocycles. The standard InChI is InChI=1S/C15H9BrFNOS/c16-11-2-1-9(12(17)7-11)5-14(19)10-6-15-13(18-8-10)3-4-20-15/h1-4,6-8H,5H2. The lowest BCUT2D eigenvalue weighted by molar-refractivity contribution is 0.0991. The molecule has 3 aromatic rings. The van der Waals surface area contributed by atoms with Crippen molar-refractivity contribution in [2.45, 2.75) is 6.42 Å². The Morgan fingerprint density at radius 1 is 1.30 bits per heavy atom. The molecule has 2 nitrogen and oxygen atoms in total. The first kappa shape index (κ1) is 13.4. The maximum Gasteiger partial charge on any atom is 0.168 e. The zero-order valence-electron chi connectivity index (χ0n) is 10.3. The van der Waals surface area contributed by atoms with Gasteiger partial charge < -0.3 is 0 Å². The lowest BCUT2D eigenvalue weighted by atomic mass is 10.0. The zero-order valence-corrected chi connectivity index (χ0v) is 12.7. The quantitative estimate of drug-likeness (QED) is 0.645. The van der Waals surface area contributed by atoms with E-state index >= 15 is 0 Å². The molecule has 3 rings (SSSR count). The van der Waals surface area contributed by atoms with Gasteiger partial charge in [0.25, 0.3) is 0 Å². The second-order valence-electron chi connectivity index (χ2n) is 4.36. The van der Waals surface area contributed by atoms with Crippen molar-refractivity contribution in [2.24, 2.45) is 0 Å². The highest BCUT2D eigenvalue weighted by atomic mass is 79.9. The van der Waals surface area contributed by atoms with Crippen molar-refractivity contribution in [2.75, 3.05) is 0 Å². The Balaban J connectivity index is 1.88. The van der Waals surface area contributed by atoms with E-state index in [1.54, 1.807) is 18.3 Å². The molecule has 0 N–H and O–H groups in total. The summed E-state index contributed by atoms with van der Waals surface area (Å²) >= 11 is 4.73. The van der Waals surface area contributed by atoms with Crippen LogP contribution in [0.5, 0.6) is 0 Å². The minimum absolute atomic E-state index is 0.0394. The van der Waals surface area contributed by atoms with Gasteiger partial charge in [-0.15, -0.1) is 11.3 Å². The van der Waals surface area contributed by atoms with Gasteiger partial charge >= 0.3 is 0 Å². The number of carbonyl (C=O) groups is 1. The SMILES string of the molecule is O=C(Cc1ccc(Br)cc1F)c1cnc2ccsc2c1. The fourth-order valence-electron chi connectivity index (χ4n) is 1.94. The van der Waals surface area contributed by atoms with Crippen molar-refractivity contribution in [1.82, 2.24) is 4.98 Å². The molecule has 20 heavy (non-hydrogen) atoms. The summed E-state index contributed by atoms with van der Waals surface area (Å²) in [6, 6.07) is 8.43. The Bertz CT molecular complexity index is 799. The van der Waals surface area contributed by atoms with Gasteiger partial charge in [-0.05, 0) is 35.2 Å². The molecule has 0 aliphatic carbocycles. The number of carbonyl (C=O) groups excluding carboxylic acids is 1. The minimum atomic E-state index is -0.377. The maximum atomic E-state index is 13.7. The molecule has 0 aliphatic heterocycles. The van der Waals surface area contributed by atoms with Crippen molar-refractivity contribution in [3.8, 4) is 0 Å². The molecule has 2 aromatic heterocycles. The molecule has 0 aliphatic rings. The lowest BCUT2D eigenvalue weighted by Crippen LogP contribution is -2.05. The van der Waals surface area contributed by atoms with Crippen LogP contribution in [-0.4, -0.2) is 10.8 Å². The molecule has 0 saturated heterocycles. The largest absolute Gasteiger partial charge is 0.294 e. The van der Waals surface area contributed by atoms with E-state index in [2.05, 4.69) is 20.9 Å². The highest BCUT2D eigenvalue weighted by Gasteiger charge is 2.12. The molecular weight excluding hydrogens is 341 g/mol. The van der Waals surface area contributed by atoms with Gasteiger partial charge in [-0.3, -0.25) is 9.78 Å². The van der Waals surface area contributed by atoms with Crippen molar-refractivity contribution < 1.29 is 9.18 Å². The molecule has 0 atom stereocenters. The number of ketones is 1. The fourth-order valence-corrected chi connectivity index (χ4v) is 3.05. The number of halogens is 2. The van der Waals surface area contributed by atoms with Crippen molar-refractivity contribution >= 4 is 43.3 Å². The maximum absolute atomic E-state index is 13.7. The van der Waals surface area contributed by atoms with Gasteiger partial charge in [-0.2, -0.15) is 0 Å². The average molecular weight is 350 g/mol. The second kappa shape index (κ2) is 5.42. The second-order valence-corrected chi connectivity index (χ2v) is 6.23. The number of nitrogens with zero attached hydrogens (tertiary/aromatic N) is 1. The fraction of sp³-hybridized carbons (Fsp3) is 0.0667. The highest BCUT2D eigenvalue weighted by Crippen LogP contribution is 2.21. The van der Waals surface area contributed by atoms with Crippen LogP contribution in [0.3, 0.4) is 0 Å². The summed E-state index contributed by atoms with van der Waals surface area (Å²) in [7, 11) is 0. The Hall–Kier alpha value is -1.59. The van der Waals surface area contributed by atoms with Gasteiger partial charge in [0.2, 0.25) is 0 Å². The number of benzene rings is 1. The van der Waals surface area contributed by atoms with E-state index < -0.39 is 0 Å². The predicted molar refractivity (Wildman–Crippen MR) is 81.8 cm³/mol. The summed E-state index contributed by atoms with van der Waals surface area (Å²) in [6.45, 7) is 0. The van der Waals surface area contributed by atoms with E-state index in [-0.39, 0.29) is 18.0 Å².